The molecule has 1 unspecified atom stereocenters. The highest BCUT2D eigenvalue weighted by atomic mass is 16.5. The van der Waals surface area contributed by atoms with E-state index in [2.05, 4.69) is 10.1 Å². The highest BCUT2D eigenvalue weighted by Gasteiger charge is 2.23. The predicted octanol–water partition coefficient (Wildman–Crippen LogP) is 1.96. The number of para-hydroxylation sites is 1. The molecule has 25 heavy (non-hydrogen) atoms. The molecule has 2 N–H and O–H groups in total. The molecule has 0 bridgehead atoms. The first-order valence-corrected chi connectivity index (χ1v) is 7.64. The zero-order chi connectivity index (χ0) is 17.8. The van der Waals surface area contributed by atoms with Crippen molar-refractivity contribution in [1.29, 1.82) is 0 Å². The van der Waals surface area contributed by atoms with Crippen molar-refractivity contribution < 1.29 is 14.3 Å². The quantitative estimate of drug-likeness (QED) is 0.718. The van der Waals surface area contributed by atoms with Crippen molar-refractivity contribution in [3.63, 3.8) is 0 Å². The van der Waals surface area contributed by atoms with Crippen LogP contribution in [0.4, 0.5) is 0 Å². The maximum absolute atomic E-state index is 12.2. The lowest BCUT2D eigenvalue weighted by Gasteiger charge is -2.06. The largest absolute Gasteiger partial charge is 0.447 e. The van der Waals surface area contributed by atoms with Gasteiger partial charge in [0.05, 0.1) is 5.69 Å². The highest BCUT2D eigenvalue weighted by molar-refractivity contribution is 5.89. The maximum atomic E-state index is 12.2. The summed E-state index contributed by atoms with van der Waals surface area (Å²) in [6.07, 6.45) is -1.06. The van der Waals surface area contributed by atoms with E-state index in [1.165, 1.54) is 6.92 Å². The van der Waals surface area contributed by atoms with Crippen LogP contribution in [0.15, 0.2) is 60.7 Å². The number of hydrogen-bond donors (Lipinski definition) is 1. The van der Waals surface area contributed by atoms with Crippen LogP contribution in [-0.2, 0) is 9.53 Å². The Morgan fingerprint density at radius 2 is 1.64 bits per heavy atom. The Kier molecular flexibility index (Phi) is 4.56. The molecule has 7 heteroatoms. The molecule has 1 heterocycles. The van der Waals surface area contributed by atoms with Crippen molar-refractivity contribution in [2.75, 3.05) is 0 Å². The van der Waals surface area contributed by atoms with Gasteiger partial charge in [0.25, 0.3) is 11.7 Å². The number of primary amides is 1. The van der Waals surface area contributed by atoms with Gasteiger partial charge in [-0.15, -0.1) is 5.10 Å². The Labute approximate surface area is 144 Å². The van der Waals surface area contributed by atoms with Gasteiger partial charge in [0.1, 0.15) is 0 Å². The number of aromatic nitrogens is 3. The molecule has 0 radical (unpaired) electrons. The van der Waals surface area contributed by atoms with Gasteiger partial charge < -0.3 is 10.5 Å². The number of ether oxygens (including phenoxy) is 1. The van der Waals surface area contributed by atoms with Gasteiger partial charge in [-0.1, -0.05) is 48.5 Å². The van der Waals surface area contributed by atoms with Gasteiger partial charge in [-0.05, 0) is 19.1 Å². The summed E-state index contributed by atoms with van der Waals surface area (Å²) in [7, 11) is 0. The summed E-state index contributed by atoms with van der Waals surface area (Å²) in [6, 6.07) is 18.7. The van der Waals surface area contributed by atoms with Gasteiger partial charge >= 0.3 is 5.97 Å². The van der Waals surface area contributed by atoms with Gasteiger partial charge in [-0.3, -0.25) is 4.79 Å². The van der Waals surface area contributed by atoms with Crippen LogP contribution in [0.1, 0.15) is 17.5 Å². The fraction of sp³-hybridized carbons (Fsp3) is 0.111. The van der Waals surface area contributed by atoms with Gasteiger partial charge in [-0.25, -0.2) is 14.5 Å². The smallest absolute Gasteiger partial charge is 0.379 e. The van der Waals surface area contributed by atoms with Gasteiger partial charge in [0, 0.05) is 5.56 Å². The van der Waals surface area contributed by atoms with Crippen molar-refractivity contribution in [3.8, 4) is 17.1 Å². The first kappa shape index (κ1) is 16.4. The number of carbonyl (C=O) groups is 2. The summed E-state index contributed by atoms with van der Waals surface area (Å²) in [5.41, 5.74) is 6.66. The van der Waals surface area contributed by atoms with Crippen molar-refractivity contribution in [2.24, 2.45) is 5.73 Å². The summed E-state index contributed by atoms with van der Waals surface area (Å²) in [5, 5.41) is 4.25. The lowest BCUT2D eigenvalue weighted by molar-refractivity contribution is -0.125. The van der Waals surface area contributed by atoms with Crippen molar-refractivity contribution in [1.82, 2.24) is 14.8 Å². The fourth-order valence-electron chi connectivity index (χ4n) is 2.19. The van der Waals surface area contributed by atoms with Crippen molar-refractivity contribution in [3.05, 3.63) is 66.5 Å². The lowest BCUT2D eigenvalue weighted by atomic mass is 10.2. The zero-order valence-electron chi connectivity index (χ0n) is 13.5. The SMILES string of the molecule is CC(OC(=O)c1nc(-c2ccccc2)n(-c2ccccc2)n1)C(N)=O. The van der Waals surface area contributed by atoms with E-state index in [1.54, 1.807) is 4.68 Å². The molecule has 1 amide bonds. The molecule has 0 saturated carbocycles. The molecule has 1 atom stereocenters. The molecule has 3 aromatic rings. The lowest BCUT2D eigenvalue weighted by Crippen LogP contribution is -2.30. The topological polar surface area (TPSA) is 100 Å². The third-order valence-electron chi connectivity index (χ3n) is 3.51. The molecular formula is C18H16N4O3. The van der Waals surface area contributed by atoms with E-state index >= 15 is 0 Å². The third kappa shape index (κ3) is 3.55. The second kappa shape index (κ2) is 6.96. The van der Waals surface area contributed by atoms with E-state index in [0.717, 1.165) is 11.3 Å². The normalized spacial score (nSPS) is 11.7. The second-order valence-corrected chi connectivity index (χ2v) is 5.32. The van der Waals surface area contributed by atoms with Gasteiger partial charge in [-0.2, -0.15) is 0 Å². The minimum absolute atomic E-state index is 0.143. The van der Waals surface area contributed by atoms with Crippen LogP contribution in [0.5, 0.6) is 0 Å². The van der Waals surface area contributed by atoms with Gasteiger partial charge in [0.2, 0.25) is 0 Å². The van der Waals surface area contributed by atoms with E-state index in [0.29, 0.717) is 5.82 Å². The molecule has 0 fully saturated rings. The van der Waals surface area contributed by atoms with Crippen LogP contribution >= 0.6 is 0 Å². The molecule has 7 nitrogen and oxygen atoms in total. The van der Waals surface area contributed by atoms with Crippen LogP contribution in [-0.4, -0.2) is 32.7 Å². The Morgan fingerprint density at radius 3 is 2.24 bits per heavy atom. The summed E-state index contributed by atoms with van der Waals surface area (Å²) in [6.45, 7) is 1.40. The number of amides is 1. The number of benzene rings is 2. The summed E-state index contributed by atoms with van der Waals surface area (Å²) >= 11 is 0. The Morgan fingerprint density at radius 1 is 1.04 bits per heavy atom. The molecule has 0 spiro atoms. The molecular weight excluding hydrogens is 320 g/mol. The van der Waals surface area contributed by atoms with Crippen LogP contribution in [0.2, 0.25) is 0 Å². The molecule has 0 aliphatic carbocycles. The standard InChI is InChI=1S/C18H16N4O3/c1-12(15(19)23)25-18(24)16-20-17(13-8-4-2-5-9-13)22(21-16)14-10-6-3-7-11-14/h2-12H,1H3,(H2,19,23). The zero-order valence-corrected chi connectivity index (χ0v) is 13.5. The number of rotatable bonds is 5. The van der Waals surface area contributed by atoms with Crippen LogP contribution < -0.4 is 5.73 Å². The Bertz CT molecular complexity index is 834. The first-order chi connectivity index (χ1) is 12.1. The average Bonchev–Trinajstić information content (AvgIpc) is 3.08. The fourth-order valence-corrected chi connectivity index (χ4v) is 2.19. The molecule has 2 aromatic carbocycles. The molecule has 0 saturated heterocycles. The first-order valence-electron chi connectivity index (χ1n) is 7.64. The summed E-state index contributed by atoms with van der Waals surface area (Å²) in [4.78, 5) is 27.6. The van der Waals surface area contributed by atoms with Crippen LogP contribution in [0.3, 0.4) is 0 Å². The Balaban J connectivity index is 2.03. The summed E-state index contributed by atoms with van der Waals surface area (Å²) < 4.78 is 6.54. The number of carbonyl (C=O) groups excluding carboxylic acids is 2. The van der Waals surface area contributed by atoms with E-state index in [4.69, 9.17) is 10.5 Å². The van der Waals surface area contributed by atoms with Gasteiger partial charge in [0.15, 0.2) is 11.9 Å². The Hall–Kier alpha value is -3.48. The minimum atomic E-state index is -1.06. The number of nitrogens with two attached hydrogens (primary N) is 1. The molecule has 3 rings (SSSR count). The predicted molar refractivity (Wildman–Crippen MR) is 90.9 cm³/mol. The van der Waals surface area contributed by atoms with Crippen LogP contribution in [0, 0.1) is 0 Å². The maximum Gasteiger partial charge on any atom is 0.379 e. The molecule has 0 aliphatic heterocycles. The molecule has 1 aromatic heterocycles. The molecule has 0 aliphatic rings. The third-order valence-corrected chi connectivity index (χ3v) is 3.51. The minimum Gasteiger partial charge on any atom is -0.447 e. The number of esters is 1. The number of hydrogen-bond acceptors (Lipinski definition) is 5. The monoisotopic (exact) mass is 336 g/mol. The van der Waals surface area contributed by atoms with E-state index in [1.807, 2.05) is 60.7 Å². The number of nitrogens with zero attached hydrogens (tertiary/aromatic N) is 3. The van der Waals surface area contributed by atoms with E-state index in [9.17, 15) is 9.59 Å². The van der Waals surface area contributed by atoms with E-state index in [-0.39, 0.29) is 5.82 Å². The van der Waals surface area contributed by atoms with Crippen molar-refractivity contribution in [2.45, 2.75) is 13.0 Å². The highest BCUT2D eigenvalue weighted by Crippen LogP contribution is 2.21. The van der Waals surface area contributed by atoms with E-state index < -0.39 is 18.0 Å². The average molecular weight is 336 g/mol. The second-order valence-electron chi connectivity index (χ2n) is 5.32. The molecule has 126 valence electrons. The van der Waals surface area contributed by atoms with Crippen LogP contribution in [0.25, 0.3) is 17.1 Å². The van der Waals surface area contributed by atoms with Crippen molar-refractivity contribution >= 4 is 11.9 Å². The summed E-state index contributed by atoms with van der Waals surface area (Å²) in [5.74, 6) is -1.20.